The number of nitrogens with zero attached hydrogens (tertiary/aromatic N) is 1. The molecule has 0 radical (unpaired) electrons. The molecule has 5 N–H and O–H groups in total. The van der Waals surface area contributed by atoms with Crippen LogP contribution in [0, 0.1) is 0 Å². The number of phosphoric acid groups is 1. The van der Waals surface area contributed by atoms with E-state index in [0.29, 0.717) is 19.1 Å². The minimum absolute atomic E-state index is 0.177. The Balaban J connectivity index is 0. The van der Waals surface area contributed by atoms with Gasteiger partial charge < -0.3 is 24.9 Å². The Bertz CT molecular complexity index is 191. The van der Waals surface area contributed by atoms with E-state index < -0.39 is 7.82 Å². The summed E-state index contributed by atoms with van der Waals surface area (Å²) in [4.78, 5) is 23.7. The fourth-order valence-electron chi connectivity index (χ4n) is 1.54. The van der Waals surface area contributed by atoms with Gasteiger partial charge in [-0.05, 0) is 12.8 Å². The van der Waals surface area contributed by atoms with E-state index in [0.717, 1.165) is 12.8 Å². The van der Waals surface area contributed by atoms with Gasteiger partial charge in [0.1, 0.15) is 0 Å². The van der Waals surface area contributed by atoms with Crippen molar-refractivity contribution < 1.29 is 29.5 Å². The molecule has 7 nitrogen and oxygen atoms in total. The number of hydrogen-bond donors (Lipinski definition) is 5. The summed E-state index contributed by atoms with van der Waals surface area (Å²) in [7, 11) is -4.64. The largest absolute Gasteiger partial charge is 0.466 e. The molecule has 0 aliphatic heterocycles. The van der Waals surface area contributed by atoms with Gasteiger partial charge in [0.15, 0.2) is 0 Å². The molecule has 17 heavy (non-hydrogen) atoms. The van der Waals surface area contributed by atoms with Crippen LogP contribution in [0.5, 0.6) is 0 Å². The summed E-state index contributed by atoms with van der Waals surface area (Å²) in [5, 5.41) is 17.6. The van der Waals surface area contributed by atoms with E-state index in [-0.39, 0.29) is 13.2 Å². The van der Waals surface area contributed by atoms with Crippen LogP contribution in [-0.2, 0) is 4.57 Å². The second-order valence-corrected chi connectivity index (χ2v) is 4.49. The van der Waals surface area contributed by atoms with E-state index >= 15 is 0 Å². The predicted octanol–water partition coefficient (Wildman–Crippen LogP) is -0.467. The molecule has 0 saturated carbocycles. The summed E-state index contributed by atoms with van der Waals surface area (Å²) >= 11 is 0. The van der Waals surface area contributed by atoms with Gasteiger partial charge in [-0.25, -0.2) is 4.57 Å². The quantitative estimate of drug-likeness (QED) is 0.398. The zero-order chi connectivity index (χ0) is 13.9. The first-order valence-corrected chi connectivity index (χ1v) is 7.10. The van der Waals surface area contributed by atoms with Crippen LogP contribution in [0.2, 0.25) is 0 Å². The molecule has 0 saturated heterocycles. The maximum absolute atomic E-state index is 8.88. The SMILES string of the molecule is CCC(CC)N(CCO)CCO.O=P(O)(O)O. The Kier molecular flexibility index (Phi) is 12.6. The molecule has 0 aromatic heterocycles. The molecule has 0 bridgehead atoms. The lowest BCUT2D eigenvalue weighted by Gasteiger charge is -2.28. The average Bonchev–Trinajstić information content (AvgIpc) is 2.17. The zero-order valence-corrected chi connectivity index (χ0v) is 11.3. The van der Waals surface area contributed by atoms with Gasteiger partial charge in [0.25, 0.3) is 0 Å². The van der Waals surface area contributed by atoms with Gasteiger partial charge in [0.2, 0.25) is 0 Å². The molecule has 0 heterocycles. The van der Waals surface area contributed by atoms with Gasteiger partial charge in [0.05, 0.1) is 13.2 Å². The van der Waals surface area contributed by atoms with Crippen molar-refractivity contribution in [3.8, 4) is 0 Å². The molecule has 0 rings (SSSR count). The maximum Gasteiger partial charge on any atom is 0.466 e. The lowest BCUT2D eigenvalue weighted by molar-refractivity contribution is 0.117. The highest BCUT2D eigenvalue weighted by atomic mass is 31.2. The first kappa shape index (κ1) is 19.3. The molecule has 8 heteroatoms. The third-order valence-electron chi connectivity index (χ3n) is 2.23. The Labute approximate surface area is 102 Å². The molecule has 0 atom stereocenters. The fourth-order valence-corrected chi connectivity index (χ4v) is 1.54. The highest BCUT2D eigenvalue weighted by molar-refractivity contribution is 7.45. The first-order chi connectivity index (χ1) is 7.79. The van der Waals surface area contributed by atoms with E-state index in [1.807, 2.05) is 0 Å². The highest BCUT2D eigenvalue weighted by Crippen LogP contribution is 2.25. The molecule has 0 aliphatic rings. The summed E-state index contributed by atoms with van der Waals surface area (Å²) in [5.41, 5.74) is 0. The molecule has 0 aromatic carbocycles. The van der Waals surface area contributed by atoms with Crippen LogP contribution in [0.25, 0.3) is 0 Å². The molecule has 0 spiro atoms. The van der Waals surface area contributed by atoms with E-state index in [1.54, 1.807) is 0 Å². The second-order valence-electron chi connectivity index (χ2n) is 3.47. The second kappa shape index (κ2) is 11.1. The number of aliphatic hydroxyl groups excluding tert-OH is 2. The van der Waals surface area contributed by atoms with Crippen molar-refractivity contribution in [3.05, 3.63) is 0 Å². The van der Waals surface area contributed by atoms with E-state index in [2.05, 4.69) is 18.7 Å². The van der Waals surface area contributed by atoms with Crippen LogP contribution < -0.4 is 0 Å². The summed E-state index contributed by atoms with van der Waals surface area (Å²) in [6, 6.07) is 0.504. The normalized spacial score (nSPS) is 11.6. The van der Waals surface area contributed by atoms with Crippen LogP contribution in [-0.4, -0.2) is 62.1 Å². The van der Waals surface area contributed by atoms with Crippen molar-refractivity contribution in [2.45, 2.75) is 32.7 Å². The molecular formula is C9H24NO6P. The van der Waals surface area contributed by atoms with Crippen molar-refractivity contribution in [1.29, 1.82) is 0 Å². The van der Waals surface area contributed by atoms with Crippen LogP contribution in [0.15, 0.2) is 0 Å². The van der Waals surface area contributed by atoms with Crippen molar-refractivity contribution in [3.63, 3.8) is 0 Å². The molecule has 0 aromatic rings. The molecular weight excluding hydrogens is 249 g/mol. The van der Waals surface area contributed by atoms with Crippen molar-refractivity contribution in [1.82, 2.24) is 4.90 Å². The number of hydrogen-bond acceptors (Lipinski definition) is 4. The van der Waals surface area contributed by atoms with Gasteiger partial charge in [-0.3, -0.25) is 4.90 Å². The topological polar surface area (TPSA) is 121 Å². The summed E-state index contributed by atoms with van der Waals surface area (Å²) in [5.74, 6) is 0. The molecule has 106 valence electrons. The maximum atomic E-state index is 8.88. The van der Waals surface area contributed by atoms with Crippen LogP contribution in [0.3, 0.4) is 0 Å². The lowest BCUT2D eigenvalue weighted by atomic mass is 10.1. The summed E-state index contributed by atoms with van der Waals surface area (Å²) < 4.78 is 8.88. The van der Waals surface area contributed by atoms with E-state index in [4.69, 9.17) is 29.5 Å². The smallest absolute Gasteiger partial charge is 0.395 e. The van der Waals surface area contributed by atoms with Gasteiger partial charge >= 0.3 is 7.82 Å². The van der Waals surface area contributed by atoms with Gasteiger partial charge in [0, 0.05) is 19.1 Å². The van der Waals surface area contributed by atoms with Crippen LogP contribution >= 0.6 is 7.82 Å². The van der Waals surface area contributed by atoms with Gasteiger partial charge in [-0.1, -0.05) is 13.8 Å². The van der Waals surface area contributed by atoms with Crippen molar-refractivity contribution in [2.75, 3.05) is 26.3 Å². The van der Waals surface area contributed by atoms with E-state index in [9.17, 15) is 0 Å². The fraction of sp³-hybridized carbons (Fsp3) is 1.00. The Morgan fingerprint density at radius 1 is 1.00 bits per heavy atom. The van der Waals surface area contributed by atoms with Crippen LogP contribution in [0.4, 0.5) is 0 Å². The monoisotopic (exact) mass is 273 g/mol. The first-order valence-electron chi connectivity index (χ1n) is 5.54. The minimum Gasteiger partial charge on any atom is -0.395 e. The minimum atomic E-state index is -4.64. The van der Waals surface area contributed by atoms with Crippen molar-refractivity contribution in [2.24, 2.45) is 0 Å². The van der Waals surface area contributed by atoms with Gasteiger partial charge in [-0.2, -0.15) is 0 Å². The van der Waals surface area contributed by atoms with E-state index in [1.165, 1.54) is 0 Å². The van der Waals surface area contributed by atoms with Crippen molar-refractivity contribution >= 4 is 7.82 Å². The highest BCUT2D eigenvalue weighted by Gasteiger charge is 2.12. The summed E-state index contributed by atoms with van der Waals surface area (Å²) in [6.45, 7) is 5.97. The third-order valence-corrected chi connectivity index (χ3v) is 2.23. The predicted molar refractivity (Wildman–Crippen MR) is 64.4 cm³/mol. The average molecular weight is 273 g/mol. The Morgan fingerprint density at radius 3 is 1.47 bits per heavy atom. The number of aliphatic hydroxyl groups is 2. The standard InChI is InChI=1S/C9H21NO2.H3O4P/c1-3-9(4-2)10(5-7-11)6-8-12;1-5(2,3)4/h9,11-12H,3-8H2,1-2H3;(H3,1,2,3,4). The lowest BCUT2D eigenvalue weighted by Crippen LogP contribution is -2.38. The molecule has 0 fully saturated rings. The molecule has 0 amide bonds. The molecule has 0 aliphatic carbocycles. The summed E-state index contributed by atoms with van der Waals surface area (Å²) in [6.07, 6.45) is 2.16. The van der Waals surface area contributed by atoms with Gasteiger partial charge in [-0.15, -0.1) is 0 Å². The Hall–Kier alpha value is -0.0100. The third kappa shape index (κ3) is 16.0. The zero-order valence-electron chi connectivity index (χ0n) is 10.4. The number of rotatable bonds is 7. The Morgan fingerprint density at radius 2 is 1.29 bits per heavy atom. The van der Waals surface area contributed by atoms with Crippen LogP contribution in [0.1, 0.15) is 26.7 Å². The molecule has 0 unspecified atom stereocenters.